The van der Waals surface area contributed by atoms with Crippen LogP contribution < -0.4 is 15.4 Å². The van der Waals surface area contributed by atoms with Gasteiger partial charge in [-0.3, -0.25) is 4.79 Å². The van der Waals surface area contributed by atoms with Gasteiger partial charge < -0.3 is 15.4 Å². The van der Waals surface area contributed by atoms with Crippen LogP contribution in [0.4, 0.5) is 5.69 Å². The van der Waals surface area contributed by atoms with E-state index in [0.717, 1.165) is 24.4 Å². The van der Waals surface area contributed by atoms with Crippen molar-refractivity contribution in [2.45, 2.75) is 52.9 Å². The first-order valence-electron chi connectivity index (χ1n) is 8.85. The van der Waals surface area contributed by atoms with Crippen LogP contribution in [-0.2, 0) is 4.79 Å². The topological polar surface area (TPSA) is 50.4 Å². The Morgan fingerprint density at radius 3 is 2.61 bits per heavy atom. The highest BCUT2D eigenvalue weighted by molar-refractivity contribution is 5.81. The van der Waals surface area contributed by atoms with Crippen molar-refractivity contribution in [2.75, 3.05) is 25.0 Å². The number of hydrogen-bond acceptors (Lipinski definition) is 3. The van der Waals surface area contributed by atoms with Gasteiger partial charge in [0.1, 0.15) is 5.75 Å². The zero-order valence-electron chi connectivity index (χ0n) is 14.9. The minimum Gasteiger partial charge on any atom is -0.491 e. The first kappa shape index (κ1) is 19.3. The van der Waals surface area contributed by atoms with Crippen LogP contribution in [0.25, 0.3) is 0 Å². The molecule has 1 amide bonds. The molecule has 1 rings (SSSR count). The molecule has 0 aliphatic carbocycles. The predicted molar refractivity (Wildman–Crippen MR) is 97.0 cm³/mol. The monoisotopic (exact) mass is 320 g/mol. The fourth-order valence-electron chi connectivity index (χ4n) is 2.19. The van der Waals surface area contributed by atoms with E-state index in [0.29, 0.717) is 12.5 Å². The van der Waals surface area contributed by atoms with Crippen molar-refractivity contribution in [1.29, 1.82) is 0 Å². The smallest absolute Gasteiger partial charge is 0.239 e. The Morgan fingerprint density at radius 1 is 1.13 bits per heavy atom. The third kappa shape index (κ3) is 9.11. The molecule has 0 aliphatic rings. The van der Waals surface area contributed by atoms with E-state index >= 15 is 0 Å². The lowest BCUT2D eigenvalue weighted by atomic mass is 10.1. The van der Waals surface area contributed by atoms with Gasteiger partial charge in [0.05, 0.1) is 18.8 Å². The lowest BCUT2D eigenvalue weighted by Crippen LogP contribution is -2.30. The first-order valence-corrected chi connectivity index (χ1v) is 8.85. The Kier molecular flexibility index (Phi) is 9.92. The molecule has 4 heteroatoms. The Morgan fingerprint density at radius 2 is 1.87 bits per heavy atom. The lowest BCUT2D eigenvalue weighted by Gasteiger charge is -2.14. The maximum atomic E-state index is 11.9. The average molecular weight is 320 g/mol. The fraction of sp³-hybridized carbons (Fsp3) is 0.632. The molecule has 23 heavy (non-hydrogen) atoms. The first-order chi connectivity index (χ1) is 11.1. The van der Waals surface area contributed by atoms with E-state index in [1.165, 1.54) is 25.7 Å². The molecule has 130 valence electrons. The highest BCUT2D eigenvalue weighted by atomic mass is 16.5. The summed E-state index contributed by atoms with van der Waals surface area (Å²) >= 11 is 0. The SMILES string of the molecule is CCCCCCCNC(=O)CNc1ccccc1OCC(C)C. The molecule has 4 nitrogen and oxygen atoms in total. The Balaban J connectivity index is 2.27. The molecule has 0 saturated carbocycles. The number of nitrogens with one attached hydrogen (secondary N) is 2. The number of anilines is 1. The second-order valence-electron chi connectivity index (χ2n) is 6.32. The van der Waals surface area contributed by atoms with E-state index < -0.39 is 0 Å². The Hall–Kier alpha value is -1.71. The summed E-state index contributed by atoms with van der Waals surface area (Å²) < 4.78 is 5.77. The van der Waals surface area contributed by atoms with E-state index in [1.54, 1.807) is 0 Å². The third-order valence-corrected chi connectivity index (χ3v) is 3.50. The summed E-state index contributed by atoms with van der Waals surface area (Å²) in [6, 6.07) is 7.75. The number of carbonyl (C=O) groups excluding carboxylic acids is 1. The molecule has 1 aromatic rings. The number of amides is 1. The lowest BCUT2D eigenvalue weighted by molar-refractivity contribution is -0.119. The zero-order chi connectivity index (χ0) is 16.9. The normalized spacial score (nSPS) is 10.6. The van der Waals surface area contributed by atoms with Crippen molar-refractivity contribution in [3.63, 3.8) is 0 Å². The van der Waals surface area contributed by atoms with E-state index in [4.69, 9.17) is 4.74 Å². The summed E-state index contributed by atoms with van der Waals surface area (Å²) in [6.45, 7) is 8.14. The maximum absolute atomic E-state index is 11.9. The van der Waals surface area contributed by atoms with Gasteiger partial charge in [-0.1, -0.05) is 58.6 Å². The Bertz CT molecular complexity index is 447. The minimum atomic E-state index is 0.0270. The van der Waals surface area contributed by atoms with Crippen molar-refractivity contribution in [3.05, 3.63) is 24.3 Å². The molecule has 0 fully saturated rings. The van der Waals surface area contributed by atoms with Crippen LogP contribution in [-0.4, -0.2) is 25.6 Å². The zero-order valence-corrected chi connectivity index (χ0v) is 14.9. The number of benzene rings is 1. The summed E-state index contributed by atoms with van der Waals surface area (Å²) in [5.74, 6) is 1.30. The third-order valence-electron chi connectivity index (χ3n) is 3.50. The number of rotatable bonds is 12. The molecule has 0 aliphatic heterocycles. The molecule has 0 spiro atoms. The summed E-state index contributed by atoms with van der Waals surface area (Å²) in [6.07, 6.45) is 6.02. The van der Waals surface area contributed by atoms with Gasteiger partial charge in [0.25, 0.3) is 0 Å². The van der Waals surface area contributed by atoms with Gasteiger partial charge in [0.2, 0.25) is 5.91 Å². The molecule has 0 saturated heterocycles. The van der Waals surface area contributed by atoms with Gasteiger partial charge in [-0.25, -0.2) is 0 Å². The molecule has 2 N–H and O–H groups in total. The van der Waals surface area contributed by atoms with Gasteiger partial charge >= 0.3 is 0 Å². The second-order valence-corrected chi connectivity index (χ2v) is 6.32. The maximum Gasteiger partial charge on any atom is 0.239 e. The van der Waals surface area contributed by atoms with Crippen molar-refractivity contribution in [3.8, 4) is 5.75 Å². The predicted octanol–water partition coefficient (Wildman–Crippen LogP) is 4.22. The van der Waals surface area contributed by atoms with Crippen molar-refractivity contribution in [1.82, 2.24) is 5.32 Å². The molecule has 0 aromatic heterocycles. The highest BCUT2D eigenvalue weighted by Crippen LogP contribution is 2.23. The largest absolute Gasteiger partial charge is 0.491 e. The van der Waals surface area contributed by atoms with Crippen LogP contribution in [0.3, 0.4) is 0 Å². The quantitative estimate of drug-likeness (QED) is 0.567. The molecule has 0 heterocycles. The molecule has 0 atom stereocenters. The second kappa shape index (κ2) is 11.8. The van der Waals surface area contributed by atoms with Crippen LogP contribution in [0.1, 0.15) is 52.9 Å². The average Bonchev–Trinajstić information content (AvgIpc) is 2.55. The van der Waals surface area contributed by atoms with E-state index in [1.807, 2.05) is 24.3 Å². The van der Waals surface area contributed by atoms with E-state index in [-0.39, 0.29) is 12.5 Å². The number of unbranched alkanes of at least 4 members (excludes halogenated alkanes) is 4. The fourth-order valence-corrected chi connectivity index (χ4v) is 2.19. The summed E-state index contributed by atoms with van der Waals surface area (Å²) in [4.78, 5) is 11.9. The van der Waals surface area contributed by atoms with Crippen molar-refractivity contribution < 1.29 is 9.53 Å². The number of ether oxygens (including phenoxy) is 1. The Labute approximate surface area is 141 Å². The van der Waals surface area contributed by atoms with Gasteiger partial charge in [0, 0.05) is 6.54 Å². The summed E-state index contributed by atoms with van der Waals surface area (Å²) in [7, 11) is 0. The van der Waals surface area contributed by atoms with E-state index in [2.05, 4.69) is 31.4 Å². The van der Waals surface area contributed by atoms with Gasteiger partial charge in [-0.2, -0.15) is 0 Å². The van der Waals surface area contributed by atoms with Crippen molar-refractivity contribution in [2.24, 2.45) is 5.92 Å². The molecular weight excluding hydrogens is 288 g/mol. The van der Waals surface area contributed by atoms with E-state index in [9.17, 15) is 4.79 Å². The van der Waals surface area contributed by atoms with Gasteiger partial charge in [-0.05, 0) is 24.5 Å². The molecule has 0 unspecified atom stereocenters. The summed E-state index contributed by atoms with van der Waals surface area (Å²) in [5.41, 5.74) is 0.867. The van der Waals surface area contributed by atoms with Crippen molar-refractivity contribution >= 4 is 11.6 Å². The minimum absolute atomic E-state index is 0.0270. The van der Waals surface area contributed by atoms with Crippen LogP contribution >= 0.6 is 0 Å². The summed E-state index contributed by atoms with van der Waals surface area (Å²) in [5, 5.41) is 6.12. The number of para-hydroxylation sites is 2. The standard InChI is InChI=1S/C19H32N2O2/c1-4-5-6-7-10-13-20-19(22)14-21-17-11-8-9-12-18(17)23-15-16(2)3/h8-9,11-12,16,21H,4-7,10,13-15H2,1-3H3,(H,20,22). The van der Waals surface area contributed by atoms with Crippen LogP contribution in [0.5, 0.6) is 5.75 Å². The number of carbonyl (C=O) groups is 1. The van der Waals surface area contributed by atoms with Gasteiger partial charge in [0.15, 0.2) is 0 Å². The number of hydrogen-bond donors (Lipinski definition) is 2. The molecule has 0 bridgehead atoms. The molecule has 1 aromatic carbocycles. The van der Waals surface area contributed by atoms with Gasteiger partial charge in [-0.15, -0.1) is 0 Å². The van der Waals surface area contributed by atoms with Crippen LogP contribution in [0.2, 0.25) is 0 Å². The van der Waals surface area contributed by atoms with Crippen LogP contribution in [0, 0.1) is 5.92 Å². The molecular formula is C19H32N2O2. The van der Waals surface area contributed by atoms with Crippen LogP contribution in [0.15, 0.2) is 24.3 Å². The molecule has 0 radical (unpaired) electrons. The highest BCUT2D eigenvalue weighted by Gasteiger charge is 2.06.